The second-order valence-electron chi connectivity index (χ2n) is 6.61. The minimum absolute atomic E-state index is 0.173. The van der Waals surface area contributed by atoms with E-state index in [4.69, 9.17) is 11.6 Å². The first-order valence-corrected chi connectivity index (χ1v) is 8.88. The Balaban J connectivity index is 2.00. The number of halogens is 9. The van der Waals surface area contributed by atoms with E-state index in [1.807, 2.05) is 0 Å². The topological polar surface area (TPSA) is 25.8 Å². The summed E-state index contributed by atoms with van der Waals surface area (Å²) in [5, 5.41) is 0.200. The van der Waals surface area contributed by atoms with E-state index in [2.05, 4.69) is 9.97 Å². The molecule has 160 valence electrons. The van der Waals surface area contributed by atoms with Gasteiger partial charge in [-0.15, -0.1) is 0 Å². The van der Waals surface area contributed by atoms with Crippen LogP contribution in [0.3, 0.4) is 0 Å². The molecule has 0 N–H and O–H groups in total. The average molecular weight is 463 g/mol. The monoisotopic (exact) mass is 462 g/mol. The zero-order valence-corrected chi connectivity index (χ0v) is 15.7. The number of fused-ring (bicyclic) bond motifs is 1. The number of hydrogen-bond donors (Lipinski definition) is 0. The Morgan fingerprint density at radius 3 is 1.81 bits per heavy atom. The molecule has 2 nitrogen and oxygen atoms in total. The van der Waals surface area contributed by atoms with Crippen molar-refractivity contribution < 1.29 is 35.1 Å². The SMILES string of the molecule is Fc1nc(F)c(F)c(CC2=C(c3c(F)c(F)nc(F)c3F)Cc3cc(Cl)ccc32)c1F. The van der Waals surface area contributed by atoms with Crippen LogP contribution >= 0.6 is 11.6 Å². The van der Waals surface area contributed by atoms with Crippen LogP contribution < -0.4 is 0 Å². The highest BCUT2D eigenvalue weighted by Crippen LogP contribution is 2.43. The summed E-state index contributed by atoms with van der Waals surface area (Å²) < 4.78 is 112. The molecular weight excluding hydrogens is 456 g/mol. The number of hydrogen-bond acceptors (Lipinski definition) is 2. The van der Waals surface area contributed by atoms with Crippen molar-refractivity contribution in [1.82, 2.24) is 9.97 Å². The Morgan fingerprint density at radius 1 is 0.742 bits per heavy atom. The van der Waals surface area contributed by atoms with E-state index in [1.54, 1.807) is 0 Å². The van der Waals surface area contributed by atoms with Gasteiger partial charge in [0.05, 0.1) is 5.56 Å². The third kappa shape index (κ3) is 3.44. The van der Waals surface area contributed by atoms with Crippen LogP contribution in [-0.2, 0) is 12.8 Å². The maximum atomic E-state index is 14.4. The van der Waals surface area contributed by atoms with Crippen molar-refractivity contribution in [3.8, 4) is 0 Å². The lowest BCUT2D eigenvalue weighted by Gasteiger charge is -2.13. The molecule has 0 spiro atoms. The molecule has 3 aromatic rings. The fourth-order valence-corrected chi connectivity index (χ4v) is 3.71. The van der Waals surface area contributed by atoms with Crippen molar-refractivity contribution in [2.45, 2.75) is 12.8 Å². The van der Waals surface area contributed by atoms with E-state index in [1.165, 1.54) is 18.2 Å². The highest BCUT2D eigenvalue weighted by molar-refractivity contribution is 6.30. The molecule has 0 aliphatic heterocycles. The maximum absolute atomic E-state index is 14.4. The summed E-state index contributed by atoms with van der Waals surface area (Å²) >= 11 is 5.91. The molecule has 0 saturated carbocycles. The van der Waals surface area contributed by atoms with E-state index >= 15 is 0 Å². The quantitative estimate of drug-likeness (QED) is 0.355. The lowest BCUT2D eigenvalue weighted by Crippen LogP contribution is -2.09. The first-order chi connectivity index (χ1) is 14.6. The van der Waals surface area contributed by atoms with Crippen LogP contribution in [0.2, 0.25) is 5.02 Å². The summed E-state index contributed by atoms with van der Waals surface area (Å²) in [6, 6.07) is 4.06. The summed E-state index contributed by atoms with van der Waals surface area (Å²) in [5.41, 5.74) is -2.38. The summed E-state index contributed by atoms with van der Waals surface area (Å²) in [6.45, 7) is 0. The van der Waals surface area contributed by atoms with Crippen molar-refractivity contribution in [3.05, 3.63) is 92.5 Å². The van der Waals surface area contributed by atoms with Crippen LogP contribution in [0.25, 0.3) is 11.1 Å². The standard InChI is InChI=1S/C20H7ClF8N2/c21-7-1-2-8-6(3-7)4-10(12-15(24)19(28)31-20(29)16(12)25)9(8)5-11-13(22)17(26)30-18(27)14(11)23/h1-3H,4-5H2. The number of benzene rings is 1. The van der Waals surface area contributed by atoms with Crippen LogP contribution in [0, 0.1) is 47.1 Å². The van der Waals surface area contributed by atoms with E-state index in [-0.39, 0.29) is 28.2 Å². The lowest BCUT2D eigenvalue weighted by molar-refractivity contribution is 0.397. The molecule has 0 unspecified atom stereocenters. The second kappa shape index (κ2) is 7.60. The number of rotatable bonds is 3. The Kier molecular flexibility index (Phi) is 5.20. The van der Waals surface area contributed by atoms with Crippen molar-refractivity contribution >= 4 is 22.7 Å². The number of nitrogens with zero attached hydrogens (tertiary/aromatic N) is 2. The molecule has 0 saturated heterocycles. The third-order valence-corrected chi connectivity index (χ3v) is 5.10. The van der Waals surface area contributed by atoms with E-state index in [0.717, 1.165) is 0 Å². The molecule has 4 rings (SSSR count). The first kappa shape index (κ1) is 21.2. The van der Waals surface area contributed by atoms with Gasteiger partial charge in [0.25, 0.3) is 23.8 Å². The van der Waals surface area contributed by atoms with Gasteiger partial charge in [-0.05, 0) is 40.8 Å². The predicted octanol–water partition coefficient (Wildman–Crippen LogP) is 5.95. The molecule has 0 amide bonds. The van der Waals surface area contributed by atoms with Crippen molar-refractivity contribution in [2.24, 2.45) is 0 Å². The van der Waals surface area contributed by atoms with Gasteiger partial charge >= 0.3 is 0 Å². The molecule has 11 heteroatoms. The molecule has 31 heavy (non-hydrogen) atoms. The average Bonchev–Trinajstić information content (AvgIpc) is 3.05. The molecule has 0 atom stereocenters. The van der Waals surface area contributed by atoms with Crippen molar-refractivity contribution in [3.63, 3.8) is 0 Å². The van der Waals surface area contributed by atoms with Gasteiger partial charge in [-0.2, -0.15) is 27.5 Å². The highest BCUT2D eigenvalue weighted by Gasteiger charge is 2.32. The molecule has 1 aliphatic rings. The van der Waals surface area contributed by atoms with Gasteiger partial charge in [-0.3, -0.25) is 0 Å². The van der Waals surface area contributed by atoms with Gasteiger partial charge in [0.2, 0.25) is 0 Å². The van der Waals surface area contributed by atoms with E-state index in [0.29, 0.717) is 5.56 Å². The smallest absolute Gasteiger partial charge is 0.202 e. The summed E-state index contributed by atoms with van der Waals surface area (Å²) in [4.78, 5) is 4.92. The largest absolute Gasteiger partial charge is 0.252 e. The molecule has 2 aromatic heterocycles. The first-order valence-electron chi connectivity index (χ1n) is 8.50. The van der Waals surface area contributed by atoms with Crippen molar-refractivity contribution in [2.75, 3.05) is 0 Å². The van der Waals surface area contributed by atoms with Crippen LogP contribution in [0.15, 0.2) is 18.2 Å². The Morgan fingerprint density at radius 2 is 1.26 bits per heavy atom. The number of aromatic nitrogens is 2. The van der Waals surface area contributed by atoms with Gasteiger partial charge in [0, 0.05) is 17.0 Å². The van der Waals surface area contributed by atoms with Crippen LogP contribution in [0.5, 0.6) is 0 Å². The second-order valence-corrected chi connectivity index (χ2v) is 7.04. The Bertz CT molecular complexity index is 1240. The van der Waals surface area contributed by atoms with Gasteiger partial charge in [0.1, 0.15) is 0 Å². The summed E-state index contributed by atoms with van der Waals surface area (Å²) in [6.07, 6.45) is -1.23. The summed E-state index contributed by atoms with van der Waals surface area (Å²) in [7, 11) is 0. The van der Waals surface area contributed by atoms with Gasteiger partial charge in [-0.25, -0.2) is 17.6 Å². The minimum Gasteiger partial charge on any atom is -0.202 e. The maximum Gasteiger partial charge on any atom is 0.252 e. The minimum atomic E-state index is -1.94. The fourth-order valence-electron chi connectivity index (χ4n) is 3.52. The zero-order valence-electron chi connectivity index (χ0n) is 14.9. The van der Waals surface area contributed by atoms with Crippen molar-refractivity contribution in [1.29, 1.82) is 0 Å². The van der Waals surface area contributed by atoms with Gasteiger partial charge in [0.15, 0.2) is 23.3 Å². The van der Waals surface area contributed by atoms with Crippen LogP contribution in [-0.4, -0.2) is 9.97 Å². The predicted molar refractivity (Wildman–Crippen MR) is 93.8 cm³/mol. The molecule has 0 bridgehead atoms. The van der Waals surface area contributed by atoms with Gasteiger partial charge < -0.3 is 0 Å². The Hall–Kier alpha value is -3.01. The molecular formula is C20H7ClF8N2. The molecule has 1 aliphatic carbocycles. The summed E-state index contributed by atoms with van der Waals surface area (Å²) in [5.74, 6) is -15.0. The van der Waals surface area contributed by atoms with Crippen LogP contribution in [0.4, 0.5) is 35.1 Å². The van der Waals surface area contributed by atoms with E-state index < -0.39 is 64.6 Å². The molecule has 0 radical (unpaired) electrons. The normalized spacial score (nSPS) is 13.2. The third-order valence-electron chi connectivity index (χ3n) is 4.87. The van der Waals surface area contributed by atoms with E-state index in [9.17, 15) is 35.1 Å². The molecule has 1 aromatic carbocycles. The van der Waals surface area contributed by atoms with Gasteiger partial charge in [-0.1, -0.05) is 17.7 Å². The number of allylic oxidation sites excluding steroid dienone is 2. The lowest BCUT2D eigenvalue weighted by atomic mass is 9.94. The highest BCUT2D eigenvalue weighted by atomic mass is 35.5. The number of pyridine rings is 2. The fraction of sp³-hybridized carbons (Fsp3) is 0.100. The zero-order chi connectivity index (χ0) is 22.6. The molecule has 2 heterocycles. The Labute approximate surface area is 173 Å². The molecule has 0 fully saturated rings. The van der Waals surface area contributed by atoms with Crippen LogP contribution in [0.1, 0.15) is 22.3 Å².